The van der Waals surface area contributed by atoms with Crippen LogP contribution in [0.5, 0.6) is 0 Å². The van der Waals surface area contributed by atoms with E-state index >= 15 is 0 Å². The highest BCUT2D eigenvalue weighted by Gasteiger charge is 2.41. The number of aromatic nitrogens is 1. The van der Waals surface area contributed by atoms with Gasteiger partial charge in [0.05, 0.1) is 15.6 Å². The van der Waals surface area contributed by atoms with Crippen molar-refractivity contribution in [1.82, 2.24) is 4.98 Å². The molecule has 0 bridgehead atoms. The molecular formula is C24H20Cl2N2O. The average molecular weight is 423 g/mol. The molecule has 29 heavy (non-hydrogen) atoms. The van der Waals surface area contributed by atoms with Gasteiger partial charge in [-0.05, 0) is 47.2 Å². The maximum absolute atomic E-state index is 13.4. The number of nitrogens with one attached hydrogen (secondary N) is 1. The normalized spacial score (nSPS) is 20.3. The van der Waals surface area contributed by atoms with Crippen molar-refractivity contribution >= 4 is 45.6 Å². The van der Waals surface area contributed by atoms with Crippen LogP contribution >= 0.6 is 23.2 Å². The maximum atomic E-state index is 13.4. The quantitative estimate of drug-likeness (QED) is 0.471. The Morgan fingerprint density at radius 1 is 1.07 bits per heavy atom. The molecule has 3 nitrogen and oxygen atoms in total. The zero-order chi connectivity index (χ0) is 20.3. The molecular weight excluding hydrogens is 403 g/mol. The topological polar surface area (TPSA) is 42.0 Å². The first-order valence-corrected chi connectivity index (χ1v) is 10.5. The third-order valence-corrected chi connectivity index (χ3v) is 6.74. The smallest absolute Gasteiger partial charge is 0.162 e. The van der Waals surface area contributed by atoms with Gasteiger partial charge in [0.25, 0.3) is 0 Å². The maximum Gasteiger partial charge on any atom is 0.162 e. The standard InChI is InChI=1S/C24H20Cl2N2O/c1-24(2)11-18-22(19(29)12-24)21(14-5-3-7-15(25)23(14)26)20-13-6-4-10-27-16(13)8-9-17(20)28-18/h3-10,21,28H,11-12H2,1-2H3/t21-/m1/s1. The minimum atomic E-state index is -0.274. The van der Waals surface area contributed by atoms with E-state index in [4.69, 9.17) is 23.2 Å². The summed E-state index contributed by atoms with van der Waals surface area (Å²) >= 11 is 13.1. The summed E-state index contributed by atoms with van der Waals surface area (Å²) in [6, 6.07) is 13.7. The predicted octanol–water partition coefficient (Wildman–Crippen LogP) is 6.74. The van der Waals surface area contributed by atoms with E-state index in [2.05, 4.69) is 30.2 Å². The van der Waals surface area contributed by atoms with Crippen LogP contribution in [0.4, 0.5) is 5.69 Å². The Hall–Kier alpha value is -2.36. The van der Waals surface area contributed by atoms with Gasteiger partial charge in [-0.15, -0.1) is 0 Å². The summed E-state index contributed by atoms with van der Waals surface area (Å²) in [6.07, 6.45) is 3.11. The van der Waals surface area contributed by atoms with Crippen molar-refractivity contribution in [2.75, 3.05) is 5.32 Å². The van der Waals surface area contributed by atoms with Crippen LogP contribution in [0.25, 0.3) is 10.9 Å². The first-order chi connectivity index (χ1) is 13.9. The second-order valence-corrected chi connectivity index (χ2v) is 9.42. The number of benzene rings is 2. The van der Waals surface area contributed by atoms with Crippen molar-refractivity contribution in [3.8, 4) is 0 Å². The summed E-state index contributed by atoms with van der Waals surface area (Å²) in [5.41, 5.74) is 5.49. The number of ketones is 1. The molecule has 0 saturated heterocycles. The molecule has 5 heteroatoms. The Morgan fingerprint density at radius 2 is 1.90 bits per heavy atom. The van der Waals surface area contributed by atoms with Crippen LogP contribution in [-0.4, -0.2) is 10.8 Å². The Balaban J connectivity index is 1.86. The number of pyridine rings is 1. The van der Waals surface area contributed by atoms with Crippen molar-refractivity contribution in [2.45, 2.75) is 32.6 Å². The second-order valence-electron chi connectivity index (χ2n) is 8.63. The minimum absolute atomic E-state index is 0.0818. The van der Waals surface area contributed by atoms with Gasteiger partial charge >= 0.3 is 0 Å². The Bertz CT molecular complexity index is 1210. The zero-order valence-electron chi connectivity index (χ0n) is 16.2. The van der Waals surface area contributed by atoms with Crippen LogP contribution in [0.15, 0.2) is 59.9 Å². The minimum Gasteiger partial charge on any atom is -0.358 e. The lowest BCUT2D eigenvalue weighted by atomic mass is 9.68. The molecule has 3 aromatic rings. The van der Waals surface area contributed by atoms with E-state index in [0.29, 0.717) is 16.5 Å². The first-order valence-electron chi connectivity index (χ1n) is 9.70. The molecule has 1 aliphatic heterocycles. The molecule has 0 unspecified atom stereocenters. The summed E-state index contributed by atoms with van der Waals surface area (Å²) in [7, 11) is 0. The van der Waals surface area contributed by atoms with Crippen molar-refractivity contribution in [3.05, 3.63) is 81.1 Å². The summed E-state index contributed by atoms with van der Waals surface area (Å²) in [6.45, 7) is 4.27. The fourth-order valence-corrected chi connectivity index (χ4v) is 5.15. The number of anilines is 1. The molecule has 1 aliphatic carbocycles. The number of fused-ring (bicyclic) bond motifs is 3. The molecule has 0 amide bonds. The summed E-state index contributed by atoms with van der Waals surface area (Å²) < 4.78 is 0. The van der Waals surface area contributed by atoms with Crippen LogP contribution in [0.2, 0.25) is 10.0 Å². The van der Waals surface area contributed by atoms with Crippen molar-refractivity contribution in [3.63, 3.8) is 0 Å². The number of Topliss-reactive ketones (excluding diaryl/α,β-unsaturated/α-hetero) is 1. The summed E-state index contributed by atoms with van der Waals surface area (Å²) in [5, 5.41) is 5.57. The summed E-state index contributed by atoms with van der Waals surface area (Å²) in [5.74, 6) is -0.111. The number of carbonyl (C=O) groups excluding carboxylic acids is 1. The SMILES string of the molecule is CC1(C)CC(=O)C2=C(C1)Nc1ccc3ncccc3c1[C@H]2c1cccc(Cl)c1Cl. The molecule has 0 fully saturated rings. The Kier molecular flexibility index (Phi) is 4.23. The molecule has 0 saturated carbocycles. The second kappa shape index (κ2) is 6.58. The molecule has 0 radical (unpaired) electrons. The van der Waals surface area contributed by atoms with Gasteiger partial charge in [0, 0.05) is 40.9 Å². The van der Waals surface area contributed by atoms with E-state index in [0.717, 1.165) is 45.4 Å². The number of carbonyl (C=O) groups is 1. The number of hydrogen-bond acceptors (Lipinski definition) is 3. The highest BCUT2D eigenvalue weighted by Crippen LogP contribution is 2.52. The van der Waals surface area contributed by atoms with Crippen LogP contribution < -0.4 is 5.32 Å². The molecule has 146 valence electrons. The lowest BCUT2D eigenvalue weighted by Crippen LogP contribution is -2.34. The average Bonchev–Trinajstić information content (AvgIpc) is 2.67. The van der Waals surface area contributed by atoms with Gasteiger partial charge in [-0.1, -0.05) is 55.2 Å². The molecule has 2 aromatic carbocycles. The fourth-order valence-electron chi connectivity index (χ4n) is 4.74. The van der Waals surface area contributed by atoms with Crippen LogP contribution in [-0.2, 0) is 4.79 Å². The molecule has 5 rings (SSSR count). The molecule has 1 N–H and O–H groups in total. The predicted molar refractivity (Wildman–Crippen MR) is 119 cm³/mol. The molecule has 2 heterocycles. The molecule has 2 aliphatic rings. The van der Waals surface area contributed by atoms with Gasteiger partial charge in [0.15, 0.2) is 5.78 Å². The monoisotopic (exact) mass is 422 g/mol. The molecule has 1 atom stereocenters. The van der Waals surface area contributed by atoms with Gasteiger partial charge in [-0.3, -0.25) is 9.78 Å². The van der Waals surface area contributed by atoms with E-state index in [1.54, 1.807) is 12.3 Å². The van der Waals surface area contributed by atoms with E-state index in [1.165, 1.54) is 0 Å². The number of halogens is 2. The lowest BCUT2D eigenvalue weighted by Gasteiger charge is -2.40. The van der Waals surface area contributed by atoms with Gasteiger partial charge < -0.3 is 5.32 Å². The first kappa shape index (κ1) is 18.7. The number of allylic oxidation sites excluding steroid dienone is 2. The van der Waals surface area contributed by atoms with Gasteiger partial charge in [-0.2, -0.15) is 0 Å². The largest absolute Gasteiger partial charge is 0.358 e. The third-order valence-electron chi connectivity index (χ3n) is 5.90. The van der Waals surface area contributed by atoms with Gasteiger partial charge in [0.2, 0.25) is 0 Å². The van der Waals surface area contributed by atoms with Crippen LogP contribution in [0.1, 0.15) is 43.7 Å². The Morgan fingerprint density at radius 3 is 2.72 bits per heavy atom. The van der Waals surface area contributed by atoms with Crippen molar-refractivity contribution in [2.24, 2.45) is 5.41 Å². The lowest BCUT2D eigenvalue weighted by molar-refractivity contribution is -0.118. The number of rotatable bonds is 1. The van der Waals surface area contributed by atoms with E-state index in [9.17, 15) is 4.79 Å². The van der Waals surface area contributed by atoms with E-state index < -0.39 is 0 Å². The zero-order valence-corrected chi connectivity index (χ0v) is 17.7. The van der Waals surface area contributed by atoms with E-state index in [1.807, 2.05) is 30.3 Å². The third kappa shape index (κ3) is 2.95. The number of nitrogens with zero attached hydrogens (tertiary/aromatic N) is 1. The van der Waals surface area contributed by atoms with Gasteiger partial charge in [-0.25, -0.2) is 0 Å². The fraction of sp³-hybridized carbons (Fsp3) is 0.250. The molecule has 0 spiro atoms. The van der Waals surface area contributed by atoms with Crippen LogP contribution in [0, 0.1) is 5.41 Å². The highest BCUT2D eigenvalue weighted by molar-refractivity contribution is 6.42. The summed E-state index contributed by atoms with van der Waals surface area (Å²) in [4.78, 5) is 17.9. The van der Waals surface area contributed by atoms with E-state index in [-0.39, 0.29) is 17.1 Å². The Labute approximate surface area is 179 Å². The van der Waals surface area contributed by atoms with Crippen molar-refractivity contribution in [1.29, 1.82) is 0 Å². The molecule has 1 aromatic heterocycles. The highest BCUT2D eigenvalue weighted by atomic mass is 35.5. The number of hydrogen-bond donors (Lipinski definition) is 1. The van der Waals surface area contributed by atoms with Gasteiger partial charge in [0.1, 0.15) is 0 Å². The van der Waals surface area contributed by atoms with Crippen molar-refractivity contribution < 1.29 is 4.79 Å². The van der Waals surface area contributed by atoms with Crippen LogP contribution in [0.3, 0.4) is 0 Å².